The highest BCUT2D eigenvalue weighted by molar-refractivity contribution is 7.84. The van der Waals surface area contributed by atoms with Crippen molar-refractivity contribution >= 4 is 10.8 Å². The predicted molar refractivity (Wildman–Crippen MR) is 52.6 cm³/mol. The fourth-order valence-electron chi connectivity index (χ4n) is 1.43. The summed E-state index contributed by atoms with van der Waals surface area (Å²) in [4.78, 5) is 2.35. The van der Waals surface area contributed by atoms with Gasteiger partial charge in [0.25, 0.3) is 0 Å². The normalized spacial score (nSPS) is 24.2. The van der Waals surface area contributed by atoms with Crippen LogP contribution in [-0.4, -0.2) is 46.8 Å². The van der Waals surface area contributed by atoms with Crippen LogP contribution in [0.5, 0.6) is 0 Å². The molecule has 0 radical (unpaired) electrons. The van der Waals surface area contributed by atoms with Gasteiger partial charge >= 0.3 is 0 Å². The van der Waals surface area contributed by atoms with Gasteiger partial charge in [-0.1, -0.05) is 0 Å². The smallest absolute Gasteiger partial charge is 0.0359 e. The average Bonchev–Trinajstić information content (AvgIpc) is 2.03. The summed E-state index contributed by atoms with van der Waals surface area (Å²) in [7, 11) is -0.649. The van der Waals surface area contributed by atoms with E-state index in [1.165, 1.54) is 0 Å². The first-order chi connectivity index (χ1) is 5.68. The Morgan fingerprint density at radius 3 is 2.58 bits per heavy atom. The maximum atomic E-state index is 10.8. The van der Waals surface area contributed by atoms with Gasteiger partial charge in [0, 0.05) is 35.4 Å². The van der Waals surface area contributed by atoms with Crippen molar-refractivity contribution in [2.45, 2.75) is 18.9 Å². The van der Waals surface area contributed by atoms with E-state index < -0.39 is 10.8 Å². The van der Waals surface area contributed by atoms with Crippen molar-refractivity contribution in [3.05, 3.63) is 0 Å². The van der Waals surface area contributed by atoms with Crippen molar-refractivity contribution in [2.24, 2.45) is 5.73 Å². The average molecular weight is 190 g/mol. The van der Waals surface area contributed by atoms with E-state index in [0.29, 0.717) is 6.04 Å². The Kier molecular flexibility index (Phi) is 4.18. The maximum Gasteiger partial charge on any atom is 0.0359 e. The summed E-state index contributed by atoms with van der Waals surface area (Å²) in [5, 5.41) is 0. The molecule has 4 heteroatoms. The monoisotopic (exact) mass is 190 g/mol. The van der Waals surface area contributed by atoms with Crippen molar-refractivity contribution in [1.29, 1.82) is 0 Å². The first-order valence-corrected chi connectivity index (χ1v) is 6.19. The van der Waals surface area contributed by atoms with Crippen molar-refractivity contribution in [1.82, 2.24) is 4.90 Å². The van der Waals surface area contributed by atoms with Gasteiger partial charge in [0.1, 0.15) is 0 Å². The third-order valence-corrected chi connectivity index (χ3v) is 3.08. The summed E-state index contributed by atoms with van der Waals surface area (Å²) in [6.07, 6.45) is 3.95. The molecule has 1 aliphatic rings. The van der Waals surface area contributed by atoms with Crippen molar-refractivity contribution in [2.75, 3.05) is 31.6 Å². The molecule has 0 aromatic heterocycles. The molecule has 1 fully saturated rings. The molecule has 3 nitrogen and oxygen atoms in total. The molecule has 0 spiro atoms. The van der Waals surface area contributed by atoms with Crippen molar-refractivity contribution in [3.63, 3.8) is 0 Å². The largest absolute Gasteiger partial charge is 0.328 e. The Balaban J connectivity index is 2.13. The van der Waals surface area contributed by atoms with Crippen LogP contribution >= 0.6 is 0 Å². The molecular formula is C8H18N2OS. The Labute approximate surface area is 76.8 Å². The number of nitrogens with zero attached hydrogens (tertiary/aromatic N) is 1. The molecule has 72 valence electrons. The first kappa shape index (κ1) is 10.2. The fraction of sp³-hybridized carbons (Fsp3) is 1.00. The first-order valence-electron chi connectivity index (χ1n) is 4.46. The molecule has 1 unspecified atom stereocenters. The van der Waals surface area contributed by atoms with E-state index in [4.69, 9.17) is 5.73 Å². The molecule has 1 saturated heterocycles. The zero-order valence-electron chi connectivity index (χ0n) is 7.66. The Morgan fingerprint density at radius 2 is 2.08 bits per heavy atom. The van der Waals surface area contributed by atoms with Crippen LogP contribution in [0.25, 0.3) is 0 Å². The van der Waals surface area contributed by atoms with Gasteiger partial charge in [-0.05, 0) is 25.9 Å². The predicted octanol–water partition coefficient (Wildman–Crippen LogP) is -0.212. The molecule has 0 saturated carbocycles. The van der Waals surface area contributed by atoms with Gasteiger partial charge < -0.3 is 10.6 Å². The second-order valence-electron chi connectivity index (χ2n) is 3.46. The molecule has 2 N–H and O–H groups in total. The summed E-state index contributed by atoms with van der Waals surface area (Å²) in [5.74, 6) is 0.801. The maximum absolute atomic E-state index is 10.8. The lowest BCUT2D eigenvalue weighted by atomic mass is 10.1. The van der Waals surface area contributed by atoms with Crippen molar-refractivity contribution < 1.29 is 4.21 Å². The molecule has 1 rings (SSSR count). The molecule has 0 aromatic rings. The van der Waals surface area contributed by atoms with Gasteiger partial charge in [-0.25, -0.2) is 0 Å². The molecule has 1 atom stereocenters. The van der Waals surface area contributed by atoms with Gasteiger partial charge in [0.05, 0.1) is 0 Å². The lowest BCUT2D eigenvalue weighted by Crippen LogP contribution is -2.41. The second-order valence-corrected chi connectivity index (χ2v) is 5.01. The van der Waals surface area contributed by atoms with E-state index in [1.807, 2.05) is 0 Å². The van der Waals surface area contributed by atoms with E-state index in [-0.39, 0.29) is 0 Å². The Hall–Kier alpha value is 0.0700. The van der Waals surface area contributed by atoms with Gasteiger partial charge in [0.2, 0.25) is 0 Å². The van der Waals surface area contributed by atoms with Crippen molar-refractivity contribution in [3.8, 4) is 0 Å². The summed E-state index contributed by atoms with van der Waals surface area (Å²) >= 11 is 0. The highest BCUT2D eigenvalue weighted by atomic mass is 32.2. The van der Waals surface area contributed by atoms with E-state index >= 15 is 0 Å². The number of hydrogen-bond donors (Lipinski definition) is 1. The van der Waals surface area contributed by atoms with Crippen LogP contribution in [0.1, 0.15) is 12.8 Å². The molecule has 0 aromatic carbocycles. The minimum atomic E-state index is -0.649. The fourth-order valence-corrected chi connectivity index (χ4v) is 1.95. The van der Waals surface area contributed by atoms with E-state index in [0.717, 1.165) is 38.2 Å². The van der Waals surface area contributed by atoms with Crippen LogP contribution in [0, 0.1) is 0 Å². The highest BCUT2D eigenvalue weighted by Gasteiger charge is 2.15. The van der Waals surface area contributed by atoms with Gasteiger partial charge in [-0.2, -0.15) is 0 Å². The van der Waals surface area contributed by atoms with Crippen LogP contribution in [0.15, 0.2) is 0 Å². The standard InChI is InChI=1S/C8H18N2OS/c1-12(11)7-6-10-4-2-8(9)3-5-10/h8H,2-7,9H2,1H3. The van der Waals surface area contributed by atoms with Gasteiger partial charge in [0.15, 0.2) is 0 Å². The molecular weight excluding hydrogens is 172 g/mol. The van der Waals surface area contributed by atoms with E-state index in [1.54, 1.807) is 6.26 Å². The second kappa shape index (κ2) is 4.94. The van der Waals surface area contributed by atoms with E-state index in [2.05, 4.69) is 4.90 Å². The number of rotatable bonds is 3. The Morgan fingerprint density at radius 1 is 1.50 bits per heavy atom. The summed E-state index contributed by atoms with van der Waals surface area (Å²) in [6.45, 7) is 3.13. The highest BCUT2D eigenvalue weighted by Crippen LogP contribution is 2.07. The Bertz CT molecular complexity index is 155. The lowest BCUT2D eigenvalue weighted by molar-refractivity contribution is 0.225. The number of likely N-dealkylation sites (tertiary alicyclic amines) is 1. The lowest BCUT2D eigenvalue weighted by Gasteiger charge is -2.29. The minimum Gasteiger partial charge on any atom is -0.328 e. The molecule has 0 amide bonds. The third kappa shape index (κ3) is 3.65. The minimum absolute atomic E-state index is 0.397. The van der Waals surface area contributed by atoms with E-state index in [9.17, 15) is 4.21 Å². The number of nitrogens with two attached hydrogens (primary N) is 1. The molecule has 12 heavy (non-hydrogen) atoms. The molecule has 0 bridgehead atoms. The summed E-state index contributed by atoms with van der Waals surface area (Å²) in [5.41, 5.74) is 5.77. The van der Waals surface area contributed by atoms with Gasteiger partial charge in [-0.3, -0.25) is 4.21 Å². The third-order valence-electron chi connectivity index (χ3n) is 2.33. The molecule has 0 aliphatic carbocycles. The SMILES string of the molecule is CS(=O)CCN1CCC(N)CC1. The van der Waals surface area contributed by atoms with Crippen LogP contribution < -0.4 is 5.73 Å². The van der Waals surface area contributed by atoms with Crippen LogP contribution in [0.2, 0.25) is 0 Å². The topological polar surface area (TPSA) is 46.3 Å². The molecule has 1 heterocycles. The zero-order chi connectivity index (χ0) is 8.97. The van der Waals surface area contributed by atoms with Crippen LogP contribution in [-0.2, 0) is 10.8 Å². The number of hydrogen-bond acceptors (Lipinski definition) is 3. The quantitative estimate of drug-likeness (QED) is 0.670. The summed E-state index contributed by atoms with van der Waals surface area (Å²) in [6, 6.07) is 0.397. The molecule has 1 aliphatic heterocycles. The summed E-state index contributed by atoms with van der Waals surface area (Å²) < 4.78 is 10.8. The zero-order valence-corrected chi connectivity index (χ0v) is 8.48. The van der Waals surface area contributed by atoms with Crippen LogP contribution in [0.3, 0.4) is 0 Å². The number of piperidine rings is 1. The van der Waals surface area contributed by atoms with Gasteiger partial charge in [-0.15, -0.1) is 0 Å². The van der Waals surface area contributed by atoms with Crippen LogP contribution in [0.4, 0.5) is 0 Å².